The van der Waals surface area contributed by atoms with Crippen LogP contribution in [0.2, 0.25) is 5.02 Å². The highest BCUT2D eigenvalue weighted by Crippen LogP contribution is 2.32. The standard InChI is InChI=1S/C12H8ClF2NO3/c1-18-11(17)7-4-6-2-3-8(19-12(14)15)9(13)10(6)16-5-7/h2-5,12H,1H3. The van der Waals surface area contributed by atoms with Gasteiger partial charge >= 0.3 is 12.6 Å². The highest BCUT2D eigenvalue weighted by Gasteiger charge is 2.14. The van der Waals surface area contributed by atoms with Crippen LogP contribution >= 0.6 is 11.6 Å². The zero-order valence-corrected chi connectivity index (χ0v) is 10.4. The Morgan fingerprint density at radius 2 is 2.16 bits per heavy atom. The number of carbonyl (C=O) groups is 1. The van der Waals surface area contributed by atoms with E-state index < -0.39 is 12.6 Å². The van der Waals surface area contributed by atoms with Crippen molar-refractivity contribution in [1.29, 1.82) is 0 Å². The Labute approximate surface area is 111 Å². The van der Waals surface area contributed by atoms with Crippen LogP contribution in [0.25, 0.3) is 10.9 Å². The molecule has 1 aromatic carbocycles. The first-order valence-electron chi connectivity index (χ1n) is 5.14. The lowest BCUT2D eigenvalue weighted by Gasteiger charge is -2.09. The molecule has 0 atom stereocenters. The monoisotopic (exact) mass is 287 g/mol. The molecule has 0 spiro atoms. The minimum Gasteiger partial charge on any atom is -0.465 e. The number of rotatable bonds is 3. The smallest absolute Gasteiger partial charge is 0.387 e. The summed E-state index contributed by atoms with van der Waals surface area (Å²) in [5.41, 5.74) is 0.515. The van der Waals surface area contributed by atoms with Crippen molar-refractivity contribution in [3.63, 3.8) is 0 Å². The zero-order valence-electron chi connectivity index (χ0n) is 9.69. The Hall–Kier alpha value is -1.95. The molecular formula is C12H8ClF2NO3. The van der Waals surface area contributed by atoms with Gasteiger partial charge < -0.3 is 9.47 Å². The molecule has 4 nitrogen and oxygen atoms in total. The van der Waals surface area contributed by atoms with Gasteiger partial charge in [-0.05, 0) is 18.2 Å². The van der Waals surface area contributed by atoms with Crippen LogP contribution in [-0.2, 0) is 4.74 Å². The van der Waals surface area contributed by atoms with Crippen LogP contribution in [0.3, 0.4) is 0 Å². The zero-order chi connectivity index (χ0) is 14.0. The maximum atomic E-state index is 12.2. The highest BCUT2D eigenvalue weighted by molar-refractivity contribution is 6.36. The largest absolute Gasteiger partial charge is 0.465 e. The van der Waals surface area contributed by atoms with Crippen molar-refractivity contribution in [2.75, 3.05) is 7.11 Å². The number of benzene rings is 1. The number of methoxy groups -OCH3 is 1. The summed E-state index contributed by atoms with van der Waals surface area (Å²) in [6.07, 6.45) is 1.26. The van der Waals surface area contributed by atoms with E-state index in [0.717, 1.165) is 0 Å². The average Bonchev–Trinajstić information content (AvgIpc) is 2.40. The van der Waals surface area contributed by atoms with E-state index in [4.69, 9.17) is 11.6 Å². The molecule has 0 N–H and O–H groups in total. The molecular weight excluding hydrogens is 280 g/mol. The van der Waals surface area contributed by atoms with Gasteiger partial charge in [-0.15, -0.1) is 0 Å². The number of halogens is 3. The Balaban J connectivity index is 2.50. The van der Waals surface area contributed by atoms with Gasteiger partial charge in [0.25, 0.3) is 0 Å². The lowest BCUT2D eigenvalue weighted by molar-refractivity contribution is -0.0497. The molecule has 19 heavy (non-hydrogen) atoms. The minimum atomic E-state index is -2.97. The first-order valence-corrected chi connectivity index (χ1v) is 5.52. The molecule has 0 saturated carbocycles. The molecule has 1 heterocycles. The van der Waals surface area contributed by atoms with E-state index in [0.29, 0.717) is 5.39 Å². The van der Waals surface area contributed by atoms with Crippen LogP contribution in [0.4, 0.5) is 8.78 Å². The third-order valence-corrected chi connectivity index (χ3v) is 2.76. The average molecular weight is 288 g/mol. The Kier molecular flexibility index (Phi) is 3.80. The third kappa shape index (κ3) is 2.73. The number of hydrogen-bond donors (Lipinski definition) is 0. The fraction of sp³-hybridized carbons (Fsp3) is 0.167. The molecule has 0 aliphatic heterocycles. The lowest BCUT2D eigenvalue weighted by atomic mass is 10.1. The van der Waals surface area contributed by atoms with Gasteiger partial charge in [-0.2, -0.15) is 8.78 Å². The summed E-state index contributed by atoms with van der Waals surface area (Å²) in [7, 11) is 1.25. The first-order chi connectivity index (χ1) is 9.02. The number of nitrogens with zero attached hydrogens (tertiary/aromatic N) is 1. The summed E-state index contributed by atoms with van der Waals surface area (Å²) >= 11 is 5.91. The lowest BCUT2D eigenvalue weighted by Crippen LogP contribution is -2.04. The van der Waals surface area contributed by atoms with Crippen LogP contribution in [0.15, 0.2) is 24.4 Å². The predicted octanol–water partition coefficient (Wildman–Crippen LogP) is 3.28. The summed E-state index contributed by atoms with van der Waals surface area (Å²) in [6, 6.07) is 4.28. The van der Waals surface area contributed by atoms with Crippen molar-refractivity contribution in [3.8, 4) is 5.75 Å². The van der Waals surface area contributed by atoms with E-state index in [1.54, 1.807) is 0 Å². The van der Waals surface area contributed by atoms with Gasteiger partial charge in [-0.1, -0.05) is 11.6 Å². The second kappa shape index (κ2) is 5.36. The molecule has 1 aromatic heterocycles. The van der Waals surface area contributed by atoms with E-state index in [9.17, 15) is 13.6 Å². The van der Waals surface area contributed by atoms with Crippen LogP contribution in [0.5, 0.6) is 5.75 Å². The number of fused-ring (bicyclic) bond motifs is 1. The summed E-state index contributed by atoms with van der Waals surface area (Å²) in [4.78, 5) is 15.3. The summed E-state index contributed by atoms with van der Waals surface area (Å²) in [6.45, 7) is -2.97. The Bertz CT molecular complexity index is 634. The molecule has 0 radical (unpaired) electrons. The van der Waals surface area contributed by atoms with Crippen molar-refractivity contribution in [2.45, 2.75) is 6.61 Å². The van der Waals surface area contributed by atoms with E-state index in [2.05, 4.69) is 14.5 Å². The number of pyridine rings is 1. The highest BCUT2D eigenvalue weighted by atomic mass is 35.5. The summed E-state index contributed by atoms with van der Waals surface area (Å²) < 4.78 is 33.1. The van der Waals surface area contributed by atoms with Gasteiger partial charge in [0.05, 0.1) is 18.2 Å². The van der Waals surface area contributed by atoms with Gasteiger partial charge in [0.1, 0.15) is 10.8 Å². The normalized spacial score (nSPS) is 10.8. The quantitative estimate of drug-likeness (QED) is 0.813. The first kappa shape index (κ1) is 13.5. The number of esters is 1. The third-order valence-electron chi connectivity index (χ3n) is 2.39. The Morgan fingerprint density at radius 3 is 2.79 bits per heavy atom. The van der Waals surface area contributed by atoms with Gasteiger partial charge in [0.2, 0.25) is 0 Å². The number of aromatic nitrogens is 1. The fourth-order valence-corrected chi connectivity index (χ4v) is 1.83. The van der Waals surface area contributed by atoms with Gasteiger partial charge in [-0.25, -0.2) is 4.79 Å². The van der Waals surface area contributed by atoms with Gasteiger partial charge in [-0.3, -0.25) is 4.98 Å². The van der Waals surface area contributed by atoms with Crippen molar-refractivity contribution >= 4 is 28.5 Å². The minimum absolute atomic E-state index is 0.0331. The molecule has 0 aliphatic carbocycles. The SMILES string of the molecule is COC(=O)c1cnc2c(Cl)c(OC(F)F)ccc2c1. The van der Waals surface area contributed by atoms with Gasteiger partial charge in [0.15, 0.2) is 0 Å². The van der Waals surface area contributed by atoms with Crippen molar-refractivity contribution in [3.05, 3.63) is 35.0 Å². The van der Waals surface area contributed by atoms with Crippen LogP contribution in [0.1, 0.15) is 10.4 Å². The molecule has 0 amide bonds. The molecule has 0 aliphatic rings. The molecule has 0 saturated heterocycles. The molecule has 100 valence electrons. The van der Waals surface area contributed by atoms with E-state index >= 15 is 0 Å². The number of ether oxygens (including phenoxy) is 2. The maximum absolute atomic E-state index is 12.2. The van der Waals surface area contributed by atoms with E-state index in [-0.39, 0.29) is 21.9 Å². The second-order valence-corrected chi connectivity index (χ2v) is 3.92. The van der Waals surface area contributed by atoms with Crippen LogP contribution < -0.4 is 4.74 Å². The van der Waals surface area contributed by atoms with Crippen molar-refractivity contribution < 1.29 is 23.0 Å². The fourth-order valence-electron chi connectivity index (χ4n) is 1.56. The van der Waals surface area contributed by atoms with Gasteiger partial charge in [0, 0.05) is 11.6 Å². The van der Waals surface area contributed by atoms with E-state index in [1.807, 2.05) is 0 Å². The Morgan fingerprint density at radius 1 is 1.42 bits per heavy atom. The predicted molar refractivity (Wildman–Crippen MR) is 64.7 cm³/mol. The number of alkyl halides is 2. The van der Waals surface area contributed by atoms with Crippen molar-refractivity contribution in [2.24, 2.45) is 0 Å². The summed E-state index contributed by atoms with van der Waals surface area (Å²) in [5.74, 6) is -0.707. The summed E-state index contributed by atoms with van der Waals surface area (Å²) in [5, 5.41) is 0.490. The van der Waals surface area contributed by atoms with Crippen LogP contribution in [-0.4, -0.2) is 24.7 Å². The molecule has 0 bridgehead atoms. The maximum Gasteiger partial charge on any atom is 0.387 e. The topological polar surface area (TPSA) is 48.4 Å². The van der Waals surface area contributed by atoms with Crippen LogP contribution in [0, 0.1) is 0 Å². The molecule has 0 unspecified atom stereocenters. The molecule has 7 heteroatoms. The number of carbonyl (C=O) groups excluding carboxylic acids is 1. The molecule has 2 aromatic rings. The van der Waals surface area contributed by atoms with E-state index in [1.165, 1.54) is 31.5 Å². The number of hydrogen-bond acceptors (Lipinski definition) is 4. The van der Waals surface area contributed by atoms with Crippen molar-refractivity contribution in [1.82, 2.24) is 4.98 Å². The second-order valence-electron chi connectivity index (χ2n) is 3.54. The molecule has 0 fully saturated rings. The molecule has 2 rings (SSSR count).